The van der Waals surface area contributed by atoms with Gasteiger partial charge in [0.1, 0.15) is 18.1 Å². The molecule has 0 unspecified atom stereocenters. The molecule has 0 aliphatic heterocycles. The third-order valence-corrected chi connectivity index (χ3v) is 3.40. The lowest BCUT2D eigenvalue weighted by atomic mass is 10.2. The maximum Gasteiger partial charge on any atom is 0.133 e. The van der Waals surface area contributed by atoms with Gasteiger partial charge in [0.15, 0.2) is 0 Å². The summed E-state index contributed by atoms with van der Waals surface area (Å²) in [6, 6.07) is 16.4. The third-order valence-electron chi connectivity index (χ3n) is 3.40. The van der Waals surface area contributed by atoms with Crippen molar-refractivity contribution in [2.75, 3.05) is 0 Å². The number of nitrogens with zero attached hydrogens (tertiary/aromatic N) is 2. The van der Waals surface area contributed by atoms with E-state index in [9.17, 15) is 0 Å². The Morgan fingerprint density at radius 3 is 2.75 bits per heavy atom. The van der Waals surface area contributed by atoms with E-state index in [4.69, 9.17) is 4.74 Å². The molecule has 0 amide bonds. The fourth-order valence-electron chi connectivity index (χ4n) is 2.40. The predicted octanol–water partition coefficient (Wildman–Crippen LogP) is 3.94. The van der Waals surface area contributed by atoms with Crippen molar-refractivity contribution < 1.29 is 4.74 Å². The van der Waals surface area contributed by atoms with E-state index in [0.717, 1.165) is 23.5 Å². The summed E-state index contributed by atoms with van der Waals surface area (Å²) in [6.45, 7) is 5.53. The first-order valence-electron chi connectivity index (χ1n) is 6.92. The lowest BCUT2D eigenvalue weighted by Gasteiger charge is -2.05. The molecule has 0 spiro atoms. The van der Waals surface area contributed by atoms with E-state index in [-0.39, 0.29) is 0 Å². The Morgan fingerprint density at radius 1 is 1.10 bits per heavy atom. The molecular weight excluding hydrogens is 248 g/mol. The minimum atomic E-state index is 0.497. The molecule has 3 nitrogen and oxygen atoms in total. The van der Waals surface area contributed by atoms with Gasteiger partial charge in [-0.25, -0.2) is 0 Å². The molecule has 2 aromatic carbocycles. The number of fused-ring (bicyclic) bond motifs is 1. The molecule has 0 saturated carbocycles. The highest BCUT2D eigenvalue weighted by molar-refractivity contribution is 5.81. The van der Waals surface area contributed by atoms with E-state index in [1.807, 2.05) is 35.0 Å². The van der Waals surface area contributed by atoms with Gasteiger partial charge in [-0.1, -0.05) is 30.3 Å². The Hall–Kier alpha value is -2.29. The van der Waals surface area contributed by atoms with Crippen molar-refractivity contribution in [2.24, 2.45) is 0 Å². The van der Waals surface area contributed by atoms with Gasteiger partial charge in [0.25, 0.3) is 0 Å². The zero-order valence-corrected chi connectivity index (χ0v) is 11.8. The molecule has 0 bridgehead atoms. The molecule has 1 aromatic heterocycles. The molecular formula is C17H18N2O. The summed E-state index contributed by atoms with van der Waals surface area (Å²) in [5.41, 5.74) is 3.35. The highest BCUT2D eigenvalue weighted by atomic mass is 16.5. The summed E-state index contributed by atoms with van der Waals surface area (Å²) in [4.78, 5) is 0. The molecule has 3 rings (SSSR count). The number of aryl methyl sites for hydroxylation is 2. The van der Waals surface area contributed by atoms with Crippen molar-refractivity contribution in [2.45, 2.75) is 27.0 Å². The maximum absolute atomic E-state index is 5.86. The van der Waals surface area contributed by atoms with Crippen LogP contribution in [0.15, 0.2) is 48.5 Å². The molecule has 102 valence electrons. The monoisotopic (exact) mass is 266 g/mol. The van der Waals surface area contributed by atoms with Crippen LogP contribution in [0.1, 0.15) is 18.2 Å². The van der Waals surface area contributed by atoms with Crippen LogP contribution in [0.25, 0.3) is 10.9 Å². The second kappa shape index (κ2) is 5.37. The molecule has 20 heavy (non-hydrogen) atoms. The average molecular weight is 266 g/mol. The van der Waals surface area contributed by atoms with Crippen LogP contribution in [0.5, 0.6) is 5.75 Å². The summed E-state index contributed by atoms with van der Waals surface area (Å²) in [5, 5.41) is 5.81. The quantitative estimate of drug-likeness (QED) is 0.715. The SMILES string of the molecule is CCn1nc(COc2cccc(C)c2)c2ccccc21. The van der Waals surface area contributed by atoms with E-state index in [1.165, 1.54) is 10.9 Å². The standard InChI is InChI=1S/C17H18N2O/c1-3-19-17-10-5-4-9-15(17)16(18-19)12-20-14-8-6-7-13(2)11-14/h4-11H,3,12H2,1-2H3. The van der Waals surface area contributed by atoms with Crippen LogP contribution in [0, 0.1) is 6.92 Å². The fraction of sp³-hybridized carbons (Fsp3) is 0.235. The summed E-state index contributed by atoms with van der Waals surface area (Å²) >= 11 is 0. The van der Waals surface area contributed by atoms with Gasteiger partial charge in [-0.05, 0) is 37.6 Å². The van der Waals surface area contributed by atoms with Gasteiger partial charge in [-0.15, -0.1) is 0 Å². The first-order valence-corrected chi connectivity index (χ1v) is 6.92. The Kier molecular flexibility index (Phi) is 3.42. The molecule has 0 radical (unpaired) electrons. The van der Waals surface area contributed by atoms with Crippen molar-refractivity contribution >= 4 is 10.9 Å². The Balaban J connectivity index is 1.88. The zero-order valence-electron chi connectivity index (χ0n) is 11.8. The van der Waals surface area contributed by atoms with E-state index in [2.05, 4.69) is 37.1 Å². The van der Waals surface area contributed by atoms with Crippen LogP contribution >= 0.6 is 0 Å². The van der Waals surface area contributed by atoms with Gasteiger partial charge in [0, 0.05) is 11.9 Å². The number of ether oxygens (including phenoxy) is 1. The van der Waals surface area contributed by atoms with Crippen LogP contribution in [0.2, 0.25) is 0 Å². The van der Waals surface area contributed by atoms with Crippen LogP contribution < -0.4 is 4.74 Å². The molecule has 0 saturated heterocycles. The maximum atomic E-state index is 5.86. The lowest BCUT2D eigenvalue weighted by Crippen LogP contribution is -2.00. The van der Waals surface area contributed by atoms with Crippen molar-refractivity contribution in [1.29, 1.82) is 0 Å². The number of aromatic nitrogens is 2. The first kappa shape index (κ1) is 12.7. The Bertz CT molecular complexity index is 731. The number of benzene rings is 2. The molecule has 0 N–H and O–H groups in total. The van der Waals surface area contributed by atoms with Gasteiger partial charge < -0.3 is 4.74 Å². The minimum Gasteiger partial charge on any atom is -0.487 e. The number of hydrogen-bond acceptors (Lipinski definition) is 2. The van der Waals surface area contributed by atoms with Crippen molar-refractivity contribution in [1.82, 2.24) is 9.78 Å². The van der Waals surface area contributed by atoms with Gasteiger partial charge in [0.05, 0.1) is 5.52 Å². The van der Waals surface area contributed by atoms with Crippen molar-refractivity contribution in [3.63, 3.8) is 0 Å². The molecule has 3 heteroatoms. The molecule has 1 heterocycles. The van der Waals surface area contributed by atoms with Crippen molar-refractivity contribution in [3.8, 4) is 5.75 Å². The minimum absolute atomic E-state index is 0.497. The summed E-state index contributed by atoms with van der Waals surface area (Å²) in [6.07, 6.45) is 0. The topological polar surface area (TPSA) is 27.1 Å². The van der Waals surface area contributed by atoms with Crippen molar-refractivity contribution in [3.05, 3.63) is 59.8 Å². The van der Waals surface area contributed by atoms with Crippen LogP contribution in [0.4, 0.5) is 0 Å². The van der Waals surface area contributed by atoms with Gasteiger partial charge in [-0.2, -0.15) is 5.10 Å². The predicted molar refractivity (Wildman–Crippen MR) is 80.9 cm³/mol. The zero-order chi connectivity index (χ0) is 13.9. The number of hydrogen-bond donors (Lipinski definition) is 0. The van der Waals surface area contributed by atoms with Gasteiger partial charge >= 0.3 is 0 Å². The summed E-state index contributed by atoms with van der Waals surface area (Å²) in [5.74, 6) is 0.889. The first-order chi connectivity index (χ1) is 9.78. The number of rotatable bonds is 4. The molecule has 0 fully saturated rings. The smallest absolute Gasteiger partial charge is 0.133 e. The lowest BCUT2D eigenvalue weighted by molar-refractivity contribution is 0.301. The second-order valence-corrected chi connectivity index (χ2v) is 4.88. The van der Waals surface area contributed by atoms with E-state index in [1.54, 1.807) is 0 Å². The molecule has 0 aliphatic rings. The van der Waals surface area contributed by atoms with E-state index in [0.29, 0.717) is 6.61 Å². The van der Waals surface area contributed by atoms with Crippen LogP contribution in [-0.2, 0) is 13.2 Å². The third kappa shape index (κ3) is 2.39. The largest absolute Gasteiger partial charge is 0.487 e. The highest BCUT2D eigenvalue weighted by Crippen LogP contribution is 2.20. The van der Waals surface area contributed by atoms with Crippen LogP contribution in [-0.4, -0.2) is 9.78 Å². The highest BCUT2D eigenvalue weighted by Gasteiger charge is 2.09. The number of para-hydroxylation sites is 1. The van der Waals surface area contributed by atoms with E-state index < -0.39 is 0 Å². The Labute approximate surface area is 118 Å². The molecule has 0 aliphatic carbocycles. The van der Waals surface area contributed by atoms with E-state index >= 15 is 0 Å². The second-order valence-electron chi connectivity index (χ2n) is 4.88. The summed E-state index contributed by atoms with van der Waals surface area (Å²) < 4.78 is 7.88. The normalized spacial score (nSPS) is 10.9. The molecule has 0 atom stereocenters. The molecule has 3 aromatic rings. The van der Waals surface area contributed by atoms with Crippen LogP contribution in [0.3, 0.4) is 0 Å². The Morgan fingerprint density at radius 2 is 1.95 bits per heavy atom. The summed E-state index contributed by atoms with van der Waals surface area (Å²) in [7, 11) is 0. The average Bonchev–Trinajstić information content (AvgIpc) is 2.83. The van der Waals surface area contributed by atoms with Gasteiger partial charge in [0.2, 0.25) is 0 Å². The fourth-order valence-corrected chi connectivity index (χ4v) is 2.40. The van der Waals surface area contributed by atoms with Gasteiger partial charge in [-0.3, -0.25) is 4.68 Å².